The lowest BCUT2D eigenvalue weighted by Gasteiger charge is -2.26. The van der Waals surface area contributed by atoms with E-state index in [0.29, 0.717) is 44.5 Å². The summed E-state index contributed by atoms with van der Waals surface area (Å²) in [6.45, 7) is 6.98. The highest BCUT2D eigenvalue weighted by molar-refractivity contribution is 7.22. The quantitative estimate of drug-likeness (QED) is 0.238. The molecule has 5 N–H and O–H groups in total. The summed E-state index contributed by atoms with van der Waals surface area (Å²) in [6, 6.07) is 10.6. The predicted octanol–water partition coefficient (Wildman–Crippen LogP) is 4.87. The Balaban J connectivity index is 1.48. The van der Waals surface area contributed by atoms with E-state index in [1.807, 2.05) is 13.8 Å². The standard InChI is InChI=1S/C30H31FN4O5S/c1-15(2)40-21-11-17(12-22-25(21)35-28(33)41-22)20(36)9-10-30(4,38)23-13-19-26(39-14-29(19,3)27(32)37)24(34-23)16-5-7-18(31)8-6-16/h5-8,11-13,15,38H,9-10,14H2,1-4H3,(H2,32,37)(H2,33,35)/t29-,30-/m0/s1. The van der Waals surface area contributed by atoms with Gasteiger partial charge < -0.3 is 26.0 Å². The molecule has 0 saturated carbocycles. The number of pyridine rings is 1. The molecular weight excluding hydrogens is 547 g/mol. The number of anilines is 1. The van der Waals surface area contributed by atoms with Gasteiger partial charge in [0.1, 0.15) is 46.1 Å². The van der Waals surface area contributed by atoms with Crippen molar-refractivity contribution in [1.82, 2.24) is 9.97 Å². The minimum Gasteiger partial charge on any atom is -0.489 e. The monoisotopic (exact) mass is 578 g/mol. The van der Waals surface area contributed by atoms with Gasteiger partial charge in [0.25, 0.3) is 0 Å². The number of halogens is 1. The summed E-state index contributed by atoms with van der Waals surface area (Å²) in [4.78, 5) is 34.8. The first kappa shape index (κ1) is 28.4. The number of ketones is 1. The van der Waals surface area contributed by atoms with Crippen molar-refractivity contribution < 1.29 is 28.6 Å². The summed E-state index contributed by atoms with van der Waals surface area (Å²) >= 11 is 1.26. The third kappa shape index (κ3) is 5.34. The molecule has 1 amide bonds. The maximum absolute atomic E-state index is 13.7. The molecule has 0 bridgehead atoms. The van der Waals surface area contributed by atoms with Crippen LogP contribution in [0.5, 0.6) is 11.5 Å². The number of rotatable bonds is 9. The number of carbonyl (C=O) groups is 2. The van der Waals surface area contributed by atoms with Crippen LogP contribution in [0.2, 0.25) is 0 Å². The van der Waals surface area contributed by atoms with E-state index in [9.17, 15) is 19.1 Å². The highest BCUT2D eigenvalue weighted by atomic mass is 32.1. The van der Waals surface area contributed by atoms with Crippen molar-refractivity contribution in [3.8, 4) is 22.8 Å². The molecule has 2 aromatic carbocycles. The fraction of sp³-hybridized carbons (Fsp3) is 0.333. The molecule has 1 aliphatic rings. The summed E-state index contributed by atoms with van der Waals surface area (Å²) in [5.74, 6) is -0.403. The molecular formula is C30H31FN4O5S. The van der Waals surface area contributed by atoms with E-state index in [-0.39, 0.29) is 37.0 Å². The summed E-state index contributed by atoms with van der Waals surface area (Å²) in [5.41, 5.74) is 11.5. The molecule has 0 fully saturated rings. The Kier molecular flexibility index (Phi) is 7.20. The second-order valence-electron chi connectivity index (χ2n) is 11.0. The van der Waals surface area contributed by atoms with Crippen LogP contribution in [0.4, 0.5) is 9.52 Å². The summed E-state index contributed by atoms with van der Waals surface area (Å²) in [5, 5.41) is 12.0. The van der Waals surface area contributed by atoms with Gasteiger partial charge in [-0.05, 0) is 76.6 Å². The maximum atomic E-state index is 13.7. The van der Waals surface area contributed by atoms with Crippen LogP contribution in [-0.2, 0) is 15.8 Å². The summed E-state index contributed by atoms with van der Waals surface area (Å²) in [6.07, 6.45) is -0.122. The first-order chi connectivity index (χ1) is 19.3. The minimum atomic E-state index is -1.57. The van der Waals surface area contributed by atoms with E-state index in [1.165, 1.54) is 23.5 Å². The van der Waals surface area contributed by atoms with Crippen LogP contribution in [0.3, 0.4) is 0 Å². The summed E-state index contributed by atoms with van der Waals surface area (Å²) in [7, 11) is 0. The van der Waals surface area contributed by atoms with E-state index >= 15 is 0 Å². The Morgan fingerprint density at radius 2 is 1.93 bits per heavy atom. The SMILES string of the molecule is CC(C)Oc1cc(C(=O)CC[C@](C)(O)c2cc3c(c(-c4ccc(F)cc4)n2)OC[C@]3(C)C(N)=O)cc2sc(N)nc12. The number of aliphatic hydroxyl groups is 1. The zero-order chi connectivity index (χ0) is 29.7. The van der Waals surface area contributed by atoms with Gasteiger partial charge in [-0.2, -0.15) is 0 Å². The molecule has 1 aliphatic heterocycles. The first-order valence-electron chi connectivity index (χ1n) is 13.2. The van der Waals surface area contributed by atoms with Crippen LogP contribution in [-0.4, -0.2) is 39.5 Å². The van der Waals surface area contributed by atoms with E-state index in [0.717, 1.165) is 4.70 Å². The number of hydrogen-bond donors (Lipinski definition) is 3. The molecule has 0 spiro atoms. The Bertz CT molecular complexity index is 1670. The predicted molar refractivity (Wildman–Crippen MR) is 155 cm³/mol. The topological polar surface area (TPSA) is 151 Å². The van der Waals surface area contributed by atoms with Gasteiger partial charge in [0.2, 0.25) is 5.91 Å². The van der Waals surface area contributed by atoms with Crippen molar-refractivity contribution in [3.63, 3.8) is 0 Å². The maximum Gasteiger partial charge on any atom is 0.231 e. The number of benzene rings is 2. The Morgan fingerprint density at radius 1 is 1.22 bits per heavy atom. The highest BCUT2D eigenvalue weighted by Gasteiger charge is 2.45. The molecule has 2 aromatic heterocycles. The van der Waals surface area contributed by atoms with Gasteiger partial charge in [0.15, 0.2) is 10.9 Å². The molecule has 0 aliphatic carbocycles. The molecule has 41 heavy (non-hydrogen) atoms. The number of primary amides is 1. The zero-order valence-electron chi connectivity index (χ0n) is 23.2. The Hall–Kier alpha value is -4.09. The second-order valence-corrected chi connectivity index (χ2v) is 12.0. The van der Waals surface area contributed by atoms with E-state index in [1.54, 1.807) is 44.2 Å². The number of ether oxygens (including phenoxy) is 2. The van der Waals surface area contributed by atoms with Crippen molar-refractivity contribution in [2.75, 3.05) is 12.3 Å². The third-order valence-electron chi connectivity index (χ3n) is 7.29. The number of thiazole rings is 1. The normalized spacial score (nSPS) is 17.7. The van der Waals surface area contributed by atoms with Gasteiger partial charge in [0, 0.05) is 23.1 Å². The first-order valence-corrected chi connectivity index (χ1v) is 14.0. The number of fused-ring (bicyclic) bond motifs is 2. The number of carbonyl (C=O) groups excluding carboxylic acids is 2. The van der Waals surface area contributed by atoms with Crippen LogP contribution in [0.1, 0.15) is 62.2 Å². The van der Waals surface area contributed by atoms with Gasteiger partial charge in [-0.1, -0.05) is 11.3 Å². The number of hydrogen-bond acceptors (Lipinski definition) is 9. The average Bonchev–Trinajstić information content (AvgIpc) is 3.47. The van der Waals surface area contributed by atoms with Crippen molar-refractivity contribution >= 4 is 38.4 Å². The molecule has 9 nitrogen and oxygen atoms in total. The number of nitrogen functional groups attached to an aromatic ring is 1. The molecule has 2 atom stereocenters. The summed E-state index contributed by atoms with van der Waals surface area (Å²) < 4.78 is 26.2. The van der Waals surface area contributed by atoms with Gasteiger partial charge in [-0.25, -0.2) is 14.4 Å². The minimum absolute atomic E-state index is 0.00295. The molecule has 0 saturated heterocycles. The smallest absolute Gasteiger partial charge is 0.231 e. The van der Waals surface area contributed by atoms with Crippen LogP contribution < -0.4 is 20.9 Å². The van der Waals surface area contributed by atoms with Crippen molar-refractivity contribution in [3.05, 3.63) is 65.1 Å². The average molecular weight is 579 g/mol. The third-order valence-corrected chi connectivity index (χ3v) is 8.12. The lowest BCUT2D eigenvalue weighted by Crippen LogP contribution is -2.40. The number of nitrogens with zero attached hydrogens (tertiary/aromatic N) is 2. The molecule has 214 valence electrons. The van der Waals surface area contributed by atoms with Gasteiger partial charge in [-0.3, -0.25) is 9.59 Å². The van der Waals surface area contributed by atoms with E-state index in [2.05, 4.69) is 9.97 Å². The lowest BCUT2D eigenvalue weighted by molar-refractivity contribution is -0.123. The number of aromatic nitrogens is 2. The van der Waals surface area contributed by atoms with Crippen molar-refractivity contribution in [2.24, 2.45) is 5.73 Å². The molecule has 0 unspecified atom stereocenters. The number of nitrogens with two attached hydrogens (primary N) is 2. The van der Waals surface area contributed by atoms with Gasteiger partial charge in [0.05, 0.1) is 16.5 Å². The molecule has 5 rings (SSSR count). The van der Waals surface area contributed by atoms with Crippen LogP contribution in [0, 0.1) is 5.82 Å². The van der Waals surface area contributed by atoms with Crippen LogP contribution >= 0.6 is 11.3 Å². The van der Waals surface area contributed by atoms with E-state index < -0.39 is 22.7 Å². The van der Waals surface area contributed by atoms with Gasteiger partial charge >= 0.3 is 0 Å². The fourth-order valence-corrected chi connectivity index (χ4v) is 5.61. The molecule has 11 heteroatoms. The molecule has 0 radical (unpaired) electrons. The van der Waals surface area contributed by atoms with Crippen molar-refractivity contribution in [1.29, 1.82) is 0 Å². The molecule has 3 heterocycles. The lowest BCUT2D eigenvalue weighted by atomic mass is 9.81. The van der Waals surface area contributed by atoms with Crippen molar-refractivity contribution in [2.45, 2.75) is 57.7 Å². The fourth-order valence-electron chi connectivity index (χ4n) is 4.82. The number of amides is 1. The Morgan fingerprint density at radius 3 is 2.59 bits per heavy atom. The number of Topliss-reactive ketones (excluding diaryl/α,β-unsaturated/α-hetero) is 1. The Labute approximate surface area is 240 Å². The second kappa shape index (κ2) is 10.4. The van der Waals surface area contributed by atoms with Crippen LogP contribution in [0.25, 0.3) is 21.5 Å². The zero-order valence-corrected chi connectivity index (χ0v) is 24.0. The largest absolute Gasteiger partial charge is 0.489 e. The molecule has 4 aromatic rings. The van der Waals surface area contributed by atoms with E-state index in [4.69, 9.17) is 20.9 Å². The van der Waals surface area contributed by atoms with Gasteiger partial charge in [-0.15, -0.1) is 0 Å². The highest BCUT2D eigenvalue weighted by Crippen LogP contribution is 2.46. The van der Waals surface area contributed by atoms with Crippen LogP contribution in [0.15, 0.2) is 42.5 Å².